The van der Waals surface area contributed by atoms with E-state index in [1.165, 1.54) is 6.20 Å². The number of rotatable bonds is 3. The van der Waals surface area contributed by atoms with Crippen molar-refractivity contribution in [2.24, 2.45) is 7.05 Å². The quantitative estimate of drug-likeness (QED) is 0.563. The predicted molar refractivity (Wildman–Crippen MR) is 57.5 cm³/mol. The van der Waals surface area contributed by atoms with Crippen LogP contribution < -0.4 is 0 Å². The zero-order chi connectivity index (χ0) is 11.4. The van der Waals surface area contributed by atoms with E-state index in [9.17, 15) is 4.79 Å². The normalized spacial score (nSPS) is 12.0. The Hall–Kier alpha value is -1.58. The second-order valence-electron chi connectivity index (χ2n) is 3.76. The lowest BCUT2D eigenvalue weighted by Gasteiger charge is -2.08. The maximum absolute atomic E-state index is 11.5. The first kappa shape index (κ1) is 11.5. The molecule has 82 valence electrons. The van der Waals surface area contributed by atoms with Crippen molar-refractivity contribution < 1.29 is 9.53 Å². The third kappa shape index (κ3) is 3.58. The van der Waals surface area contributed by atoms with Crippen molar-refractivity contribution in [2.45, 2.75) is 26.9 Å². The zero-order valence-electron chi connectivity index (χ0n) is 9.52. The summed E-state index contributed by atoms with van der Waals surface area (Å²) in [6.45, 7) is 5.77. The molecule has 0 saturated heterocycles. The number of ether oxygens (including phenoxy) is 1. The average Bonchev–Trinajstić information content (AvgIpc) is 2.49. The van der Waals surface area contributed by atoms with Crippen molar-refractivity contribution in [1.29, 1.82) is 0 Å². The number of aryl methyl sites for hydroxylation is 1. The first-order chi connectivity index (χ1) is 6.99. The Balaban J connectivity index is 2.60. The summed E-state index contributed by atoms with van der Waals surface area (Å²) in [7, 11) is 1.76. The fourth-order valence-electron chi connectivity index (χ4n) is 1.27. The van der Waals surface area contributed by atoms with E-state index in [1.54, 1.807) is 17.9 Å². The molecule has 1 rings (SSSR count). The monoisotopic (exact) mass is 208 g/mol. The lowest BCUT2D eigenvalue weighted by atomic mass is 10.2. The minimum absolute atomic E-state index is 0.206. The summed E-state index contributed by atoms with van der Waals surface area (Å²) in [5.74, 6) is -0.340. The first-order valence-corrected chi connectivity index (χ1v) is 4.83. The van der Waals surface area contributed by atoms with E-state index in [0.29, 0.717) is 5.56 Å². The smallest absolute Gasteiger partial charge is 0.341 e. The number of hydrogen-bond donors (Lipinski definition) is 0. The molecule has 4 nitrogen and oxygen atoms in total. The Morgan fingerprint density at radius 1 is 1.60 bits per heavy atom. The van der Waals surface area contributed by atoms with Crippen molar-refractivity contribution in [3.63, 3.8) is 0 Å². The van der Waals surface area contributed by atoms with Gasteiger partial charge < -0.3 is 4.74 Å². The minimum atomic E-state index is -0.340. The molecule has 1 aromatic rings. The summed E-state index contributed by atoms with van der Waals surface area (Å²) in [4.78, 5) is 11.5. The van der Waals surface area contributed by atoms with Gasteiger partial charge in [-0.25, -0.2) is 4.79 Å². The maximum atomic E-state index is 11.5. The Labute approximate surface area is 89.5 Å². The molecule has 0 aliphatic heterocycles. The van der Waals surface area contributed by atoms with Crippen LogP contribution in [-0.2, 0) is 11.8 Å². The number of allylic oxidation sites excluding steroid dienone is 1. The Bertz CT molecular complexity index is 376. The summed E-state index contributed by atoms with van der Waals surface area (Å²) >= 11 is 0. The molecule has 0 radical (unpaired) electrons. The number of esters is 1. The third-order valence-electron chi connectivity index (χ3n) is 1.80. The van der Waals surface area contributed by atoms with Crippen molar-refractivity contribution >= 4 is 5.97 Å². The second-order valence-corrected chi connectivity index (χ2v) is 3.76. The molecule has 1 atom stereocenters. The van der Waals surface area contributed by atoms with Crippen molar-refractivity contribution in [2.75, 3.05) is 0 Å². The highest BCUT2D eigenvalue weighted by Crippen LogP contribution is 2.05. The summed E-state index contributed by atoms with van der Waals surface area (Å²) in [6, 6.07) is 0. The van der Waals surface area contributed by atoms with Gasteiger partial charge in [0.15, 0.2) is 0 Å². The van der Waals surface area contributed by atoms with E-state index in [2.05, 4.69) is 5.10 Å². The van der Waals surface area contributed by atoms with Gasteiger partial charge in [0.05, 0.1) is 11.8 Å². The van der Waals surface area contributed by atoms with Gasteiger partial charge in [-0.1, -0.05) is 5.57 Å². The van der Waals surface area contributed by atoms with Crippen LogP contribution in [0.4, 0.5) is 0 Å². The Kier molecular flexibility index (Phi) is 3.66. The molecular formula is C11H16N2O2. The molecule has 1 heterocycles. The van der Waals surface area contributed by atoms with Gasteiger partial charge in [0, 0.05) is 13.2 Å². The lowest BCUT2D eigenvalue weighted by molar-refractivity contribution is 0.0423. The van der Waals surface area contributed by atoms with Gasteiger partial charge in [-0.2, -0.15) is 5.10 Å². The minimum Gasteiger partial charge on any atom is -0.455 e. The van der Waals surface area contributed by atoms with Gasteiger partial charge in [0.25, 0.3) is 0 Å². The highest BCUT2D eigenvalue weighted by molar-refractivity contribution is 5.88. The van der Waals surface area contributed by atoms with Gasteiger partial charge in [-0.15, -0.1) is 0 Å². The van der Waals surface area contributed by atoms with Crippen LogP contribution >= 0.6 is 0 Å². The predicted octanol–water partition coefficient (Wildman–Crippen LogP) is 1.93. The number of nitrogens with zero attached hydrogens (tertiary/aromatic N) is 2. The summed E-state index contributed by atoms with van der Waals surface area (Å²) in [6.07, 6.45) is 4.83. The lowest BCUT2D eigenvalue weighted by Crippen LogP contribution is -2.12. The molecule has 0 N–H and O–H groups in total. The highest BCUT2D eigenvalue weighted by Gasteiger charge is 2.11. The summed E-state index contributed by atoms with van der Waals surface area (Å²) < 4.78 is 6.76. The van der Waals surface area contributed by atoms with Crippen LogP contribution in [0.1, 0.15) is 31.1 Å². The fraction of sp³-hybridized carbons (Fsp3) is 0.455. The van der Waals surface area contributed by atoms with Gasteiger partial charge in [0.1, 0.15) is 6.10 Å². The van der Waals surface area contributed by atoms with Crippen LogP contribution in [-0.4, -0.2) is 21.9 Å². The van der Waals surface area contributed by atoms with Crippen molar-refractivity contribution in [3.8, 4) is 0 Å². The van der Waals surface area contributed by atoms with E-state index in [4.69, 9.17) is 4.74 Å². The molecule has 0 aromatic carbocycles. The summed E-state index contributed by atoms with van der Waals surface area (Å²) in [5.41, 5.74) is 1.60. The molecule has 0 aliphatic rings. The number of aromatic nitrogens is 2. The Morgan fingerprint density at radius 3 is 2.73 bits per heavy atom. The molecule has 0 aliphatic carbocycles. The van der Waals surface area contributed by atoms with E-state index >= 15 is 0 Å². The second kappa shape index (κ2) is 4.77. The van der Waals surface area contributed by atoms with Crippen LogP contribution in [0.5, 0.6) is 0 Å². The zero-order valence-corrected chi connectivity index (χ0v) is 9.52. The molecule has 4 heteroatoms. The topological polar surface area (TPSA) is 44.1 Å². The van der Waals surface area contributed by atoms with Crippen LogP contribution in [0, 0.1) is 0 Å². The SMILES string of the molecule is CC(C)=C[C@@H](C)OC(=O)c1cnn(C)c1. The number of carbonyl (C=O) groups excluding carboxylic acids is 1. The highest BCUT2D eigenvalue weighted by atomic mass is 16.5. The third-order valence-corrected chi connectivity index (χ3v) is 1.80. The first-order valence-electron chi connectivity index (χ1n) is 4.83. The molecule has 1 aromatic heterocycles. The summed E-state index contributed by atoms with van der Waals surface area (Å²) in [5, 5.41) is 3.91. The van der Waals surface area contributed by atoms with Gasteiger partial charge >= 0.3 is 5.97 Å². The molecule has 0 unspecified atom stereocenters. The number of hydrogen-bond acceptors (Lipinski definition) is 3. The van der Waals surface area contributed by atoms with E-state index in [0.717, 1.165) is 5.57 Å². The van der Waals surface area contributed by atoms with E-state index < -0.39 is 0 Å². The molecule has 0 amide bonds. The standard InChI is InChI=1S/C11H16N2O2/c1-8(2)5-9(3)15-11(14)10-6-12-13(4)7-10/h5-7,9H,1-4H3/t9-/m1/s1. The molecule has 0 fully saturated rings. The van der Waals surface area contributed by atoms with Crippen LogP contribution in [0.2, 0.25) is 0 Å². The van der Waals surface area contributed by atoms with Gasteiger partial charge in [-0.3, -0.25) is 4.68 Å². The average molecular weight is 208 g/mol. The van der Waals surface area contributed by atoms with Crippen molar-refractivity contribution in [3.05, 3.63) is 29.6 Å². The van der Waals surface area contributed by atoms with E-state index in [1.807, 2.05) is 26.8 Å². The van der Waals surface area contributed by atoms with Gasteiger partial charge in [-0.05, 0) is 26.8 Å². The largest absolute Gasteiger partial charge is 0.455 e. The molecular weight excluding hydrogens is 192 g/mol. The molecule has 0 saturated carbocycles. The number of carbonyl (C=O) groups is 1. The van der Waals surface area contributed by atoms with Crippen molar-refractivity contribution in [1.82, 2.24) is 9.78 Å². The van der Waals surface area contributed by atoms with Crippen LogP contribution in [0.15, 0.2) is 24.0 Å². The fourth-order valence-corrected chi connectivity index (χ4v) is 1.27. The molecule has 0 bridgehead atoms. The van der Waals surface area contributed by atoms with E-state index in [-0.39, 0.29) is 12.1 Å². The van der Waals surface area contributed by atoms with Gasteiger partial charge in [0.2, 0.25) is 0 Å². The molecule has 15 heavy (non-hydrogen) atoms. The van der Waals surface area contributed by atoms with Crippen LogP contribution in [0.25, 0.3) is 0 Å². The molecule has 0 spiro atoms. The van der Waals surface area contributed by atoms with Crippen LogP contribution in [0.3, 0.4) is 0 Å². The Morgan fingerprint density at radius 2 is 2.27 bits per heavy atom. The maximum Gasteiger partial charge on any atom is 0.341 e.